The molecule has 2 aromatic rings. The Bertz CT molecular complexity index is 611. The number of unbranched alkanes of at least 4 members (excludes halogenated alkanes) is 1. The molecular formula is C18H21NO2S. The molecule has 0 fully saturated rings. The van der Waals surface area contributed by atoms with Crippen LogP contribution in [0.2, 0.25) is 0 Å². The number of anilines is 1. The van der Waals surface area contributed by atoms with Crippen LogP contribution in [0.3, 0.4) is 0 Å². The van der Waals surface area contributed by atoms with Gasteiger partial charge in [0.2, 0.25) is 0 Å². The van der Waals surface area contributed by atoms with Gasteiger partial charge in [-0.3, -0.25) is 4.79 Å². The summed E-state index contributed by atoms with van der Waals surface area (Å²) in [6.45, 7) is 3.18. The molecule has 22 heavy (non-hydrogen) atoms. The van der Waals surface area contributed by atoms with Gasteiger partial charge < -0.3 is 10.4 Å². The lowest BCUT2D eigenvalue weighted by atomic mass is 10.2. The standard InChI is InChI=1S/C18H21NO2S/c1-2-3-11-19-15-7-9-16(10-8-15)22-17-6-4-5-14(12-17)13-18(20)21/h4-10,12,19H,2-3,11,13H2,1H3,(H,20,21). The fourth-order valence-corrected chi connectivity index (χ4v) is 2.98. The number of benzene rings is 2. The summed E-state index contributed by atoms with van der Waals surface area (Å²) in [7, 11) is 0. The molecule has 0 radical (unpaired) electrons. The Labute approximate surface area is 135 Å². The predicted octanol–water partition coefficient (Wildman–Crippen LogP) is 4.68. The number of rotatable bonds is 8. The molecule has 3 nitrogen and oxygen atoms in total. The number of carboxylic acid groups (broad SMARTS) is 1. The zero-order chi connectivity index (χ0) is 15.8. The van der Waals surface area contributed by atoms with Crippen LogP contribution in [0.5, 0.6) is 0 Å². The maximum atomic E-state index is 10.8. The van der Waals surface area contributed by atoms with Crippen LogP contribution in [-0.4, -0.2) is 17.6 Å². The van der Waals surface area contributed by atoms with E-state index >= 15 is 0 Å². The minimum absolute atomic E-state index is 0.0642. The number of nitrogens with one attached hydrogen (secondary N) is 1. The molecule has 0 aromatic heterocycles. The van der Waals surface area contributed by atoms with Gasteiger partial charge >= 0.3 is 5.97 Å². The first-order chi connectivity index (χ1) is 10.7. The van der Waals surface area contributed by atoms with Crippen LogP contribution in [0, 0.1) is 0 Å². The van der Waals surface area contributed by atoms with Gasteiger partial charge in [-0.05, 0) is 48.4 Å². The van der Waals surface area contributed by atoms with Crippen molar-refractivity contribution in [2.75, 3.05) is 11.9 Å². The second-order valence-corrected chi connectivity index (χ2v) is 6.27. The Morgan fingerprint density at radius 1 is 1.14 bits per heavy atom. The molecule has 0 heterocycles. The first kappa shape index (κ1) is 16.4. The Morgan fingerprint density at radius 3 is 2.59 bits per heavy atom. The molecule has 4 heteroatoms. The molecule has 0 aliphatic heterocycles. The van der Waals surface area contributed by atoms with Crippen molar-refractivity contribution in [1.82, 2.24) is 0 Å². The topological polar surface area (TPSA) is 49.3 Å². The van der Waals surface area contributed by atoms with Crippen molar-refractivity contribution in [2.45, 2.75) is 36.0 Å². The van der Waals surface area contributed by atoms with Crippen molar-refractivity contribution in [2.24, 2.45) is 0 Å². The second kappa shape index (κ2) is 8.49. The molecule has 0 aliphatic rings. The summed E-state index contributed by atoms with van der Waals surface area (Å²) in [6, 6.07) is 16.0. The maximum Gasteiger partial charge on any atom is 0.307 e. The third-order valence-electron chi connectivity index (χ3n) is 3.20. The fraction of sp³-hybridized carbons (Fsp3) is 0.278. The minimum atomic E-state index is -0.801. The monoisotopic (exact) mass is 315 g/mol. The Morgan fingerprint density at radius 2 is 1.91 bits per heavy atom. The van der Waals surface area contributed by atoms with Crippen molar-refractivity contribution in [3.63, 3.8) is 0 Å². The highest BCUT2D eigenvalue weighted by molar-refractivity contribution is 7.99. The number of hydrogen-bond donors (Lipinski definition) is 2. The molecule has 0 saturated carbocycles. The van der Waals surface area contributed by atoms with Crippen LogP contribution < -0.4 is 5.32 Å². The van der Waals surface area contributed by atoms with Gasteiger partial charge in [0.15, 0.2) is 0 Å². The first-order valence-electron chi connectivity index (χ1n) is 7.50. The largest absolute Gasteiger partial charge is 0.481 e. The maximum absolute atomic E-state index is 10.8. The summed E-state index contributed by atoms with van der Waals surface area (Å²) < 4.78 is 0. The summed E-state index contributed by atoms with van der Waals surface area (Å²) in [6.07, 6.45) is 2.43. The molecule has 0 spiro atoms. The van der Waals surface area contributed by atoms with Gasteiger partial charge in [0.25, 0.3) is 0 Å². The highest BCUT2D eigenvalue weighted by Crippen LogP contribution is 2.29. The molecule has 116 valence electrons. The van der Waals surface area contributed by atoms with E-state index in [9.17, 15) is 4.79 Å². The van der Waals surface area contributed by atoms with Crippen molar-refractivity contribution >= 4 is 23.4 Å². The average molecular weight is 315 g/mol. The van der Waals surface area contributed by atoms with Crippen LogP contribution in [0.15, 0.2) is 58.3 Å². The smallest absolute Gasteiger partial charge is 0.307 e. The summed E-state index contributed by atoms with van der Waals surface area (Å²) in [5.41, 5.74) is 1.97. The van der Waals surface area contributed by atoms with Crippen LogP contribution in [0.1, 0.15) is 25.3 Å². The molecule has 0 atom stereocenters. The molecule has 0 amide bonds. The number of aliphatic carboxylic acids is 1. The van der Waals surface area contributed by atoms with E-state index in [1.54, 1.807) is 11.8 Å². The van der Waals surface area contributed by atoms with Crippen LogP contribution in [0.25, 0.3) is 0 Å². The normalized spacial score (nSPS) is 10.4. The summed E-state index contributed by atoms with van der Waals surface area (Å²) >= 11 is 1.65. The highest BCUT2D eigenvalue weighted by atomic mass is 32.2. The summed E-state index contributed by atoms with van der Waals surface area (Å²) in [5, 5.41) is 12.2. The van der Waals surface area contributed by atoms with Gasteiger partial charge in [0.1, 0.15) is 0 Å². The third-order valence-corrected chi connectivity index (χ3v) is 4.20. The third kappa shape index (κ3) is 5.45. The van der Waals surface area contributed by atoms with Gasteiger partial charge in [0.05, 0.1) is 6.42 Å². The van der Waals surface area contributed by atoms with Crippen molar-refractivity contribution in [3.8, 4) is 0 Å². The van der Waals surface area contributed by atoms with Crippen LogP contribution in [0.4, 0.5) is 5.69 Å². The van der Waals surface area contributed by atoms with E-state index in [0.717, 1.165) is 27.6 Å². The second-order valence-electron chi connectivity index (χ2n) is 5.12. The van der Waals surface area contributed by atoms with E-state index in [1.807, 2.05) is 24.3 Å². The Kier molecular flexibility index (Phi) is 6.34. The number of hydrogen-bond acceptors (Lipinski definition) is 3. The molecule has 0 saturated heterocycles. The van der Waals surface area contributed by atoms with Gasteiger partial charge in [-0.15, -0.1) is 0 Å². The van der Waals surface area contributed by atoms with E-state index in [0.29, 0.717) is 0 Å². The minimum Gasteiger partial charge on any atom is -0.481 e. The zero-order valence-corrected chi connectivity index (χ0v) is 13.5. The molecule has 0 bridgehead atoms. The highest BCUT2D eigenvalue weighted by Gasteiger charge is 2.03. The quantitative estimate of drug-likeness (QED) is 0.695. The lowest BCUT2D eigenvalue weighted by molar-refractivity contribution is -0.136. The van der Waals surface area contributed by atoms with E-state index in [2.05, 4.69) is 36.5 Å². The van der Waals surface area contributed by atoms with Crippen molar-refractivity contribution < 1.29 is 9.90 Å². The van der Waals surface area contributed by atoms with E-state index in [1.165, 1.54) is 12.8 Å². The molecule has 2 N–H and O–H groups in total. The van der Waals surface area contributed by atoms with Crippen LogP contribution >= 0.6 is 11.8 Å². The number of carboxylic acids is 1. The Hall–Kier alpha value is -1.94. The van der Waals surface area contributed by atoms with Gasteiger partial charge in [-0.25, -0.2) is 0 Å². The molecular weight excluding hydrogens is 294 g/mol. The lowest BCUT2D eigenvalue weighted by Crippen LogP contribution is -2.00. The fourth-order valence-electron chi connectivity index (χ4n) is 2.08. The summed E-state index contributed by atoms with van der Waals surface area (Å²) in [5.74, 6) is -0.801. The van der Waals surface area contributed by atoms with Crippen molar-refractivity contribution in [1.29, 1.82) is 0 Å². The lowest BCUT2D eigenvalue weighted by Gasteiger charge is -2.07. The molecule has 0 aliphatic carbocycles. The van der Waals surface area contributed by atoms with Gasteiger partial charge in [-0.2, -0.15) is 0 Å². The SMILES string of the molecule is CCCCNc1ccc(Sc2cccc(CC(=O)O)c2)cc1. The van der Waals surface area contributed by atoms with E-state index in [4.69, 9.17) is 5.11 Å². The van der Waals surface area contributed by atoms with Crippen LogP contribution in [-0.2, 0) is 11.2 Å². The zero-order valence-electron chi connectivity index (χ0n) is 12.7. The Balaban J connectivity index is 1.97. The molecule has 2 rings (SSSR count). The molecule has 0 unspecified atom stereocenters. The van der Waals surface area contributed by atoms with Gasteiger partial charge in [-0.1, -0.05) is 37.2 Å². The number of carbonyl (C=O) groups is 1. The molecule has 2 aromatic carbocycles. The summed E-state index contributed by atoms with van der Waals surface area (Å²) in [4.78, 5) is 13.0. The van der Waals surface area contributed by atoms with Crippen molar-refractivity contribution in [3.05, 3.63) is 54.1 Å². The first-order valence-corrected chi connectivity index (χ1v) is 8.31. The average Bonchev–Trinajstić information content (AvgIpc) is 2.49. The van der Waals surface area contributed by atoms with E-state index < -0.39 is 5.97 Å². The van der Waals surface area contributed by atoms with Gasteiger partial charge in [0, 0.05) is 22.0 Å². The van der Waals surface area contributed by atoms with E-state index in [-0.39, 0.29) is 6.42 Å². The predicted molar refractivity (Wildman–Crippen MR) is 91.7 cm³/mol.